The fourth-order valence-electron chi connectivity index (χ4n) is 1.28. The molecule has 0 aliphatic rings. The molecule has 2 N–H and O–H groups in total. The van der Waals surface area contributed by atoms with Crippen molar-refractivity contribution in [3.05, 3.63) is 35.8 Å². The Kier molecular flexibility index (Phi) is 2.11. The number of nitrogens with zero attached hydrogens (tertiary/aromatic N) is 2. The van der Waals surface area contributed by atoms with Crippen LogP contribution in [-0.4, -0.2) is 15.3 Å². The molecule has 2 aromatic rings. The smallest absolute Gasteiger partial charge is 0.364 e. The zero-order valence-corrected chi connectivity index (χ0v) is 7.82. The zero-order chi connectivity index (χ0) is 11.9. The molecule has 0 aromatic carbocycles. The lowest BCUT2D eigenvalue weighted by Gasteiger charge is -2.05. The quantitative estimate of drug-likeness (QED) is 0.804. The normalized spacial score (nSPS) is 11.9. The van der Waals surface area contributed by atoms with Crippen molar-refractivity contribution in [1.82, 2.24) is 9.38 Å². The molecule has 2 aromatic heterocycles. The fourth-order valence-corrected chi connectivity index (χ4v) is 1.28. The second-order valence-electron chi connectivity index (χ2n) is 3.17. The topological polar surface area (TPSA) is 60.4 Å². The van der Waals surface area contributed by atoms with Crippen LogP contribution < -0.4 is 5.73 Å². The third kappa shape index (κ3) is 1.71. The summed E-state index contributed by atoms with van der Waals surface area (Å²) in [5, 5.41) is 0. The van der Waals surface area contributed by atoms with E-state index in [2.05, 4.69) is 4.98 Å². The molecule has 0 unspecified atom stereocenters. The summed E-state index contributed by atoms with van der Waals surface area (Å²) in [6.45, 7) is 0. The average Bonchev–Trinajstić information content (AvgIpc) is 2.58. The molecule has 2 heterocycles. The van der Waals surface area contributed by atoms with Gasteiger partial charge in [-0.15, -0.1) is 0 Å². The fraction of sp³-hybridized carbons (Fsp3) is 0.111. The standard InChI is InChI=1S/C9H6F3N3O/c10-9(11,12)5-1-2-15-4-6(8(13)16)14-7(15)3-5/h1-4H,(H2,13,16). The predicted octanol–water partition coefficient (Wildman–Crippen LogP) is 1.45. The van der Waals surface area contributed by atoms with Gasteiger partial charge in [-0.05, 0) is 12.1 Å². The number of pyridine rings is 1. The molecule has 0 radical (unpaired) electrons. The predicted molar refractivity (Wildman–Crippen MR) is 48.7 cm³/mol. The molecule has 2 rings (SSSR count). The minimum absolute atomic E-state index is 0.0311. The van der Waals surface area contributed by atoms with E-state index in [0.29, 0.717) is 0 Å². The molecule has 0 fully saturated rings. The molecule has 0 saturated carbocycles. The van der Waals surface area contributed by atoms with Gasteiger partial charge in [0, 0.05) is 12.4 Å². The average molecular weight is 229 g/mol. The van der Waals surface area contributed by atoms with Crippen LogP contribution in [0.2, 0.25) is 0 Å². The first-order chi connectivity index (χ1) is 7.38. The van der Waals surface area contributed by atoms with Crippen LogP contribution in [0.4, 0.5) is 13.2 Å². The van der Waals surface area contributed by atoms with Crippen LogP contribution in [0.5, 0.6) is 0 Å². The number of rotatable bonds is 1. The van der Waals surface area contributed by atoms with Gasteiger partial charge in [0.05, 0.1) is 5.56 Å². The summed E-state index contributed by atoms with van der Waals surface area (Å²) >= 11 is 0. The van der Waals surface area contributed by atoms with Crippen LogP contribution in [0.1, 0.15) is 16.1 Å². The highest BCUT2D eigenvalue weighted by Gasteiger charge is 2.30. The number of carbonyl (C=O) groups excluding carboxylic acids is 1. The van der Waals surface area contributed by atoms with Crippen molar-refractivity contribution in [3.8, 4) is 0 Å². The first-order valence-electron chi connectivity index (χ1n) is 4.23. The number of imidazole rings is 1. The number of hydrogen-bond acceptors (Lipinski definition) is 2. The highest BCUT2D eigenvalue weighted by Crippen LogP contribution is 2.29. The second kappa shape index (κ2) is 3.22. The van der Waals surface area contributed by atoms with Crippen molar-refractivity contribution < 1.29 is 18.0 Å². The first kappa shape index (κ1) is 10.5. The number of carbonyl (C=O) groups is 1. The van der Waals surface area contributed by atoms with Gasteiger partial charge >= 0.3 is 6.18 Å². The van der Waals surface area contributed by atoms with E-state index >= 15 is 0 Å². The van der Waals surface area contributed by atoms with Crippen LogP contribution in [0.15, 0.2) is 24.5 Å². The van der Waals surface area contributed by atoms with Gasteiger partial charge in [-0.3, -0.25) is 4.79 Å². The van der Waals surface area contributed by atoms with Crippen molar-refractivity contribution in [2.24, 2.45) is 5.73 Å². The molecular weight excluding hydrogens is 223 g/mol. The Labute approximate surface area is 87.5 Å². The van der Waals surface area contributed by atoms with Crippen molar-refractivity contribution in [3.63, 3.8) is 0 Å². The van der Waals surface area contributed by atoms with Gasteiger partial charge < -0.3 is 10.1 Å². The van der Waals surface area contributed by atoms with Gasteiger partial charge in [0.25, 0.3) is 5.91 Å². The third-order valence-electron chi connectivity index (χ3n) is 2.04. The van der Waals surface area contributed by atoms with E-state index in [4.69, 9.17) is 5.73 Å². The number of alkyl halides is 3. The van der Waals surface area contributed by atoms with Crippen molar-refractivity contribution >= 4 is 11.6 Å². The summed E-state index contributed by atoms with van der Waals surface area (Å²) in [7, 11) is 0. The molecule has 16 heavy (non-hydrogen) atoms. The van der Waals surface area contributed by atoms with E-state index in [0.717, 1.165) is 12.1 Å². The molecular formula is C9H6F3N3O. The van der Waals surface area contributed by atoms with Crippen molar-refractivity contribution in [2.75, 3.05) is 0 Å². The summed E-state index contributed by atoms with van der Waals surface area (Å²) in [4.78, 5) is 14.5. The molecule has 1 amide bonds. The Balaban J connectivity index is 2.58. The van der Waals surface area contributed by atoms with Gasteiger partial charge in [-0.2, -0.15) is 13.2 Å². The Bertz CT molecular complexity index is 559. The minimum atomic E-state index is -4.43. The van der Waals surface area contributed by atoms with Crippen LogP contribution in [0.25, 0.3) is 5.65 Å². The Morgan fingerprint density at radius 1 is 1.44 bits per heavy atom. The molecule has 0 aliphatic heterocycles. The van der Waals surface area contributed by atoms with Gasteiger partial charge in [0.2, 0.25) is 0 Å². The third-order valence-corrected chi connectivity index (χ3v) is 2.04. The summed E-state index contributed by atoms with van der Waals surface area (Å²) in [5.41, 5.74) is 4.11. The van der Waals surface area contributed by atoms with E-state index < -0.39 is 17.6 Å². The Morgan fingerprint density at radius 3 is 2.69 bits per heavy atom. The monoisotopic (exact) mass is 229 g/mol. The maximum Gasteiger partial charge on any atom is 0.416 e. The van der Waals surface area contributed by atoms with Gasteiger partial charge in [0.1, 0.15) is 11.3 Å². The summed E-state index contributed by atoms with van der Waals surface area (Å²) in [6.07, 6.45) is -1.98. The van der Waals surface area contributed by atoms with Crippen molar-refractivity contribution in [2.45, 2.75) is 6.18 Å². The largest absolute Gasteiger partial charge is 0.416 e. The van der Waals surface area contributed by atoms with Crippen LogP contribution in [0.3, 0.4) is 0 Å². The number of amides is 1. The van der Waals surface area contributed by atoms with Crippen LogP contribution in [-0.2, 0) is 6.18 Å². The number of halogens is 3. The van der Waals surface area contributed by atoms with Crippen LogP contribution >= 0.6 is 0 Å². The van der Waals surface area contributed by atoms with Crippen LogP contribution in [0, 0.1) is 0 Å². The van der Waals surface area contributed by atoms with E-state index in [1.165, 1.54) is 16.8 Å². The summed E-state index contributed by atoms with van der Waals surface area (Å²) in [5.74, 6) is -0.780. The molecule has 84 valence electrons. The SMILES string of the molecule is NC(=O)c1cn2ccc(C(F)(F)F)cc2n1. The van der Waals surface area contributed by atoms with Gasteiger partial charge in [-0.25, -0.2) is 4.98 Å². The Morgan fingerprint density at radius 2 is 2.12 bits per heavy atom. The van der Waals surface area contributed by atoms with E-state index in [1.54, 1.807) is 0 Å². The second-order valence-corrected chi connectivity index (χ2v) is 3.17. The maximum atomic E-state index is 12.4. The maximum absolute atomic E-state index is 12.4. The molecule has 7 heteroatoms. The van der Waals surface area contributed by atoms with E-state index in [9.17, 15) is 18.0 Å². The van der Waals surface area contributed by atoms with E-state index in [-0.39, 0.29) is 11.3 Å². The highest BCUT2D eigenvalue weighted by molar-refractivity contribution is 5.91. The number of primary amides is 1. The molecule has 0 aliphatic carbocycles. The lowest BCUT2D eigenvalue weighted by Crippen LogP contribution is -2.10. The van der Waals surface area contributed by atoms with E-state index in [1.807, 2.05) is 0 Å². The molecule has 0 spiro atoms. The Hall–Kier alpha value is -2.05. The summed E-state index contributed by atoms with van der Waals surface area (Å²) < 4.78 is 38.4. The molecule has 4 nitrogen and oxygen atoms in total. The molecule has 0 atom stereocenters. The number of hydrogen-bond donors (Lipinski definition) is 1. The van der Waals surface area contributed by atoms with Gasteiger partial charge in [-0.1, -0.05) is 0 Å². The number of nitrogens with two attached hydrogens (primary N) is 1. The lowest BCUT2D eigenvalue weighted by molar-refractivity contribution is -0.137. The lowest BCUT2D eigenvalue weighted by atomic mass is 10.2. The number of aromatic nitrogens is 2. The van der Waals surface area contributed by atoms with Gasteiger partial charge in [0.15, 0.2) is 0 Å². The minimum Gasteiger partial charge on any atom is -0.364 e. The first-order valence-corrected chi connectivity index (χ1v) is 4.23. The molecule has 0 saturated heterocycles. The zero-order valence-electron chi connectivity index (χ0n) is 7.82. The number of fused-ring (bicyclic) bond motifs is 1. The highest BCUT2D eigenvalue weighted by atomic mass is 19.4. The molecule has 0 bridgehead atoms. The van der Waals surface area contributed by atoms with Crippen molar-refractivity contribution in [1.29, 1.82) is 0 Å². The summed E-state index contributed by atoms with van der Waals surface area (Å²) in [6, 6.07) is 1.76.